The number of hydrogen-bond acceptors (Lipinski definition) is 6. The number of rotatable bonds is 6. The Kier molecular flexibility index (Phi) is 5.97. The van der Waals surface area contributed by atoms with Crippen molar-refractivity contribution in [2.45, 2.75) is 19.1 Å². The molecule has 1 aliphatic rings. The molecular formula is C15H22N4O6. The minimum Gasteiger partial charge on any atom is -0.480 e. The summed E-state index contributed by atoms with van der Waals surface area (Å²) >= 11 is 0. The van der Waals surface area contributed by atoms with E-state index in [2.05, 4.69) is 4.98 Å². The zero-order valence-corrected chi connectivity index (χ0v) is 14.5. The van der Waals surface area contributed by atoms with Gasteiger partial charge >= 0.3 is 12.0 Å². The molecule has 25 heavy (non-hydrogen) atoms. The summed E-state index contributed by atoms with van der Waals surface area (Å²) < 4.78 is 10.1. The Labute approximate surface area is 144 Å². The van der Waals surface area contributed by atoms with E-state index in [4.69, 9.17) is 14.3 Å². The van der Waals surface area contributed by atoms with E-state index in [-0.39, 0.29) is 36.0 Å². The summed E-state index contributed by atoms with van der Waals surface area (Å²) in [5.41, 5.74) is 0.104. The predicted molar refractivity (Wildman–Crippen MR) is 84.9 cm³/mol. The van der Waals surface area contributed by atoms with E-state index in [1.165, 1.54) is 4.90 Å². The SMILES string of the molecule is CN(C)C(=O)N(C)C1CCN(C(=O)c2ncoc2COCC(=O)O)C1. The van der Waals surface area contributed by atoms with Crippen LogP contribution >= 0.6 is 0 Å². The van der Waals surface area contributed by atoms with Gasteiger partial charge in [-0.1, -0.05) is 0 Å². The highest BCUT2D eigenvalue weighted by Gasteiger charge is 2.33. The van der Waals surface area contributed by atoms with Crippen molar-refractivity contribution in [1.82, 2.24) is 19.7 Å². The molecule has 1 unspecified atom stereocenters. The largest absolute Gasteiger partial charge is 0.480 e. The average molecular weight is 354 g/mol. The lowest BCUT2D eigenvalue weighted by molar-refractivity contribution is -0.142. The number of carbonyl (C=O) groups excluding carboxylic acids is 2. The second kappa shape index (κ2) is 7.97. The third kappa shape index (κ3) is 4.47. The van der Waals surface area contributed by atoms with Gasteiger partial charge in [-0.3, -0.25) is 4.79 Å². The van der Waals surface area contributed by atoms with Crippen LogP contribution in [0.5, 0.6) is 0 Å². The number of oxazole rings is 1. The van der Waals surface area contributed by atoms with Gasteiger partial charge in [0.05, 0.1) is 6.04 Å². The van der Waals surface area contributed by atoms with Gasteiger partial charge in [-0.25, -0.2) is 14.6 Å². The summed E-state index contributed by atoms with van der Waals surface area (Å²) in [4.78, 5) is 43.7. The number of urea groups is 1. The molecule has 138 valence electrons. The van der Waals surface area contributed by atoms with Crippen LogP contribution in [-0.2, 0) is 16.1 Å². The van der Waals surface area contributed by atoms with Gasteiger partial charge in [0.25, 0.3) is 5.91 Å². The molecule has 1 fully saturated rings. The fourth-order valence-corrected chi connectivity index (χ4v) is 2.64. The molecule has 0 saturated carbocycles. The molecule has 1 N–H and O–H groups in total. The molecule has 10 heteroatoms. The van der Waals surface area contributed by atoms with Crippen LogP contribution < -0.4 is 0 Å². The first-order valence-electron chi connectivity index (χ1n) is 7.76. The summed E-state index contributed by atoms with van der Waals surface area (Å²) in [7, 11) is 5.06. The van der Waals surface area contributed by atoms with Gasteiger partial charge in [-0.2, -0.15) is 0 Å². The summed E-state index contributed by atoms with van der Waals surface area (Å²) in [6.07, 6.45) is 1.80. The maximum absolute atomic E-state index is 12.6. The van der Waals surface area contributed by atoms with E-state index in [0.29, 0.717) is 19.5 Å². The Hall–Kier alpha value is -2.62. The highest BCUT2D eigenvalue weighted by atomic mass is 16.5. The number of aromatic nitrogens is 1. The first-order valence-corrected chi connectivity index (χ1v) is 7.76. The monoisotopic (exact) mass is 354 g/mol. The maximum Gasteiger partial charge on any atom is 0.329 e. The zero-order chi connectivity index (χ0) is 18.6. The second-order valence-corrected chi connectivity index (χ2v) is 5.99. The Balaban J connectivity index is 1.97. The molecule has 1 aromatic heterocycles. The standard InChI is InChI=1S/C15H22N4O6/c1-17(2)15(23)18(3)10-4-5-19(6-10)14(22)13-11(25-9-16-13)7-24-8-12(20)21/h9-10H,4-8H2,1-3H3,(H,20,21). The summed E-state index contributed by atoms with van der Waals surface area (Å²) in [5.74, 6) is -1.24. The summed E-state index contributed by atoms with van der Waals surface area (Å²) in [6, 6.07) is -0.194. The van der Waals surface area contributed by atoms with Crippen LogP contribution in [0.2, 0.25) is 0 Å². The van der Waals surface area contributed by atoms with Crippen LogP contribution in [0.1, 0.15) is 22.7 Å². The van der Waals surface area contributed by atoms with Gasteiger partial charge in [0.15, 0.2) is 17.8 Å². The first-order chi connectivity index (χ1) is 11.8. The normalized spacial score (nSPS) is 16.8. The third-order valence-corrected chi connectivity index (χ3v) is 3.98. The van der Waals surface area contributed by atoms with Crippen LogP contribution in [-0.4, -0.2) is 89.6 Å². The van der Waals surface area contributed by atoms with Crippen molar-refractivity contribution in [3.63, 3.8) is 0 Å². The fraction of sp³-hybridized carbons (Fsp3) is 0.600. The van der Waals surface area contributed by atoms with Crippen molar-refractivity contribution in [3.8, 4) is 0 Å². The summed E-state index contributed by atoms with van der Waals surface area (Å²) in [6.45, 7) is 0.259. The van der Waals surface area contributed by atoms with Crippen molar-refractivity contribution in [2.75, 3.05) is 40.8 Å². The highest BCUT2D eigenvalue weighted by Crippen LogP contribution is 2.19. The summed E-state index contributed by atoms with van der Waals surface area (Å²) in [5, 5.41) is 8.58. The average Bonchev–Trinajstić information content (AvgIpc) is 3.21. The van der Waals surface area contributed by atoms with Crippen molar-refractivity contribution in [2.24, 2.45) is 0 Å². The number of carboxylic acids is 1. The quantitative estimate of drug-likeness (QED) is 0.770. The molecule has 1 atom stereocenters. The molecule has 1 aliphatic heterocycles. The lowest BCUT2D eigenvalue weighted by Crippen LogP contribution is -2.44. The van der Waals surface area contributed by atoms with E-state index in [1.807, 2.05) is 0 Å². The molecule has 2 rings (SSSR count). The van der Waals surface area contributed by atoms with Crippen molar-refractivity contribution in [1.29, 1.82) is 0 Å². The molecule has 0 spiro atoms. The van der Waals surface area contributed by atoms with Crippen molar-refractivity contribution in [3.05, 3.63) is 17.8 Å². The minimum atomic E-state index is -1.11. The maximum atomic E-state index is 12.6. The van der Waals surface area contributed by atoms with Crippen LogP contribution in [0, 0.1) is 0 Å². The number of aliphatic carboxylic acids is 1. The fourth-order valence-electron chi connectivity index (χ4n) is 2.64. The number of amides is 3. The van der Waals surface area contributed by atoms with Gasteiger partial charge in [0, 0.05) is 34.2 Å². The predicted octanol–water partition coefficient (Wildman–Crippen LogP) is 0.104. The van der Waals surface area contributed by atoms with Gasteiger partial charge in [0.2, 0.25) is 0 Å². The topological polar surface area (TPSA) is 116 Å². The Morgan fingerprint density at radius 3 is 2.76 bits per heavy atom. The molecule has 1 aromatic rings. The Bertz CT molecular complexity index is 644. The minimum absolute atomic E-state index is 0.0718. The first kappa shape index (κ1) is 18.7. The number of likely N-dealkylation sites (N-methyl/N-ethyl adjacent to an activating group) is 1. The number of hydrogen-bond donors (Lipinski definition) is 1. The van der Waals surface area contributed by atoms with Gasteiger partial charge in [-0.15, -0.1) is 0 Å². The zero-order valence-electron chi connectivity index (χ0n) is 14.5. The van der Waals surface area contributed by atoms with Crippen LogP contribution in [0.25, 0.3) is 0 Å². The number of nitrogens with zero attached hydrogens (tertiary/aromatic N) is 4. The molecule has 0 aromatic carbocycles. The Morgan fingerprint density at radius 1 is 1.40 bits per heavy atom. The van der Waals surface area contributed by atoms with Crippen LogP contribution in [0.3, 0.4) is 0 Å². The lowest BCUT2D eigenvalue weighted by Gasteiger charge is -2.27. The molecular weight excluding hydrogens is 332 g/mol. The number of carboxylic acid groups (broad SMARTS) is 1. The van der Waals surface area contributed by atoms with Crippen LogP contribution in [0.4, 0.5) is 4.79 Å². The van der Waals surface area contributed by atoms with E-state index < -0.39 is 12.6 Å². The molecule has 1 saturated heterocycles. The lowest BCUT2D eigenvalue weighted by atomic mass is 10.2. The highest BCUT2D eigenvalue weighted by molar-refractivity contribution is 5.93. The number of carbonyl (C=O) groups is 3. The number of ether oxygens (including phenoxy) is 1. The molecule has 0 aliphatic carbocycles. The number of likely N-dealkylation sites (tertiary alicyclic amines) is 1. The smallest absolute Gasteiger partial charge is 0.329 e. The molecule has 10 nitrogen and oxygen atoms in total. The van der Waals surface area contributed by atoms with E-state index in [0.717, 1.165) is 6.39 Å². The van der Waals surface area contributed by atoms with Crippen molar-refractivity contribution >= 4 is 17.9 Å². The van der Waals surface area contributed by atoms with Gasteiger partial charge in [0.1, 0.15) is 13.2 Å². The Morgan fingerprint density at radius 2 is 2.12 bits per heavy atom. The van der Waals surface area contributed by atoms with E-state index in [1.54, 1.807) is 30.9 Å². The van der Waals surface area contributed by atoms with E-state index >= 15 is 0 Å². The molecule has 2 heterocycles. The molecule has 3 amide bonds. The van der Waals surface area contributed by atoms with E-state index in [9.17, 15) is 14.4 Å². The third-order valence-electron chi connectivity index (χ3n) is 3.98. The van der Waals surface area contributed by atoms with Gasteiger partial charge < -0.3 is 29.0 Å². The van der Waals surface area contributed by atoms with Crippen molar-refractivity contribution < 1.29 is 28.6 Å². The molecule has 0 radical (unpaired) electrons. The second-order valence-electron chi connectivity index (χ2n) is 5.99. The molecule has 0 bridgehead atoms. The van der Waals surface area contributed by atoms with Crippen LogP contribution in [0.15, 0.2) is 10.8 Å². The van der Waals surface area contributed by atoms with Gasteiger partial charge in [-0.05, 0) is 6.42 Å².